The molecule has 133 heavy (non-hydrogen) atoms. The number of likely N-dealkylation sites (tertiary alicyclic amines) is 1. The summed E-state index contributed by atoms with van der Waals surface area (Å²) >= 11 is 0. The highest BCUT2D eigenvalue weighted by Gasteiger charge is 2.30. The number of hydrogen-bond donors (Lipinski definition) is 14. The van der Waals surface area contributed by atoms with Crippen LogP contribution in [0, 0.1) is 19.8 Å². The van der Waals surface area contributed by atoms with Crippen LogP contribution in [0.2, 0.25) is 0 Å². The first kappa shape index (κ1) is 88.7. The number of rotatable bonds is 21. The number of morpholine rings is 4. The molecule has 0 saturated carbocycles. The lowest BCUT2D eigenvalue weighted by Crippen LogP contribution is -2.40. The number of carbonyl (C=O) groups is 5. The molecule has 0 radical (unpaired) electrons. The maximum Gasteiger partial charge on any atom is 0.261 e. The number of fused-ring (bicyclic) bond motifs is 5. The molecular formula is C94H101N27O12. The molecule has 684 valence electrons. The number of pyridine rings is 2. The number of carbonyl (C=O) groups excluding carboxylic acids is 5. The van der Waals surface area contributed by atoms with Gasteiger partial charge < -0.3 is 79.8 Å². The third kappa shape index (κ3) is 21.1. The van der Waals surface area contributed by atoms with Crippen LogP contribution in [-0.2, 0) is 54.7 Å². The van der Waals surface area contributed by atoms with Crippen molar-refractivity contribution in [3.05, 3.63) is 229 Å². The fourth-order valence-corrected chi connectivity index (χ4v) is 17.0. The summed E-state index contributed by atoms with van der Waals surface area (Å²) in [6.45, 7) is 23.4. The van der Waals surface area contributed by atoms with Crippen molar-refractivity contribution in [3.8, 4) is 51.8 Å². The Labute approximate surface area is 759 Å². The minimum atomic E-state index is -0.520. The number of hydrogen-bond acceptors (Lipinski definition) is 24. The van der Waals surface area contributed by atoms with Gasteiger partial charge >= 0.3 is 0 Å². The Morgan fingerprint density at radius 3 is 1.15 bits per heavy atom. The zero-order valence-corrected chi connectivity index (χ0v) is 73.8. The molecule has 14 N–H and O–H groups in total. The third-order valence-electron chi connectivity index (χ3n) is 24.0. The van der Waals surface area contributed by atoms with Crippen molar-refractivity contribution in [2.75, 3.05) is 147 Å². The van der Waals surface area contributed by atoms with E-state index in [-0.39, 0.29) is 34.8 Å². The highest BCUT2D eigenvalue weighted by molar-refractivity contribution is 6.10. The molecule has 16 aromatic rings. The molecule has 5 fully saturated rings. The van der Waals surface area contributed by atoms with Gasteiger partial charge in [0.2, 0.25) is 11.8 Å². The molecule has 21 rings (SSSR count). The molecule has 0 aliphatic carbocycles. The number of nitrogens with one attached hydrogen (secondary N) is 14. The van der Waals surface area contributed by atoms with Gasteiger partial charge in [0.25, 0.3) is 28.8 Å². The van der Waals surface area contributed by atoms with Gasteiger partial charge in [-0.15, -0.1) is 0 Å². The van der Waals surface area contributed by atoms with Gasteiger partial charge in [-0.05, 0) is 144 Å². The Balaban J connectivity index is 0.000000119. The number of piperidine rings is 1. The van der Waals surface area contributed by atoms with Crippen LogP contribution >= 0.6 is 0 Å². The number of benzene rings is 6. The van der Waals surface area contributed by atoms with Gasteiger partial charge in [0, 0.05) is 116 Å². The van der Waals surface area contributed by atoms with Gasteiger partial charge in [-0.1, -0.05) is 48.5 Å². The maximum absolute atomic E-state index is 13.2. The summed E-state index contributed by atoms with van der Waals surface area (Å²) in [5, 5.41) is 41.5. The van der Waals surface area contributed by atoms with Crippen LogP contribution in [0.1, 0.15) is 84.4 Å². The molecule has 5 saturated heterocycles. The lowest BCUT2D eigenvalue weighted by atomic mass is 9.96. The first-order valence-corrected chi connectivity index (χ1v) is 44.1. The van der Waals surface area contributed by atoms with Gasteiger partial charge in [-0.25, -0.2) is 19.9 Å². The molecule has 5 aliphatic heterocycles. The van der Waals surface area contributed by atoms with Crippen molar-refractivity contribution in [1.82, 2.24) is 115 Å². The van der Waals surface area contributed by atoms with Crippen molar-refractivity contribution < 1.29 is 47.7 Å². The number of methoxy groups -OCH3 is 1. The first-order valence-electron chi connectivity index (χ1n) is 44.1. The normalized spacial score (nSPS) is 15.4. The Morgan fingerprint density at radius 2 is 0.782 bits per heavy atom. The molecular weight excluding hydrogens is 1700 g/mol. The van der Waals surface area contributed by atoms with Gasteiger partial charge in [-0.2, -0.15) is 20.4 Å². The van der Waals surface area contributed by atoms with Crippen LogP contribution in [0.25, 0.3) is 101 Å². The molecule has 0 atom stereocenters. The number of aromatic nitrogens is 18. The lowest BCUT2D eigenvalue weighted by molar-refractivity contribution is -0.132. The van der Waals surface area contributed by atoms with E-state index in [4.69, 9.17) is 33.7 Å². The fourth-order valence-electron chi connectivity index (χ4n) is 17.0. The van der Waals surface area contributed by atoms with E-state index in [0.717, 1.165) is 186 Å². The van der Waals surface area contributed by atoms with Crippen LogP contribution in [0.4, 0.5) is 22.7 Å². The number of anilines is 4. The average Bonchev–Trinajstić information content (AvgIpc) is 1.78. The predicted molar refractivity (Wildman–Crippen MR) is 501 cm³/mol. The van der Waals surface area contributed by atoms with E-state index in [0.29, 0.717) is 117 Å². The summed E-state index contributed by atoms with van der Waals surface area (Å²) in [6.07, 6.45) is 8.98. The van der Waals surface area contributed by atoms with E-state index in [1.807, 2.05) is 60.7 Å². The number of amides is 5. The molecule has 0 unspecified atom stereocenters. The van der Waals surface area contributed by atoms with Crippen LogP contribution in [0.3, 0.4) is 0 Å². The second-order valence-electron chi connectivity index (χ2n) is 33.2. The minimum Gasteiger partial charge on any atom is -0.496 e. The van der Waals surface area contributed by atoms with Crippen molar-refractivity contribution in [2.45, 2.75) is 59.8 Å². The Hall–Kier alpha value is -15.0. The number of H-pyrrole nitrogens is 10. The van der Waals surface area contributed by atoms with Crippen molar-refractivity contribution in [1.29, 1.82) is 0 Å². The number of aryl methyl sites for hydroxylation is 2. The Morgan fingerprint density at radius 1 is 0.414 bits per heavy atom. The zero-order chi connectivity index (χ0) is 91.4. The van der Waals surface area contributed by atoms with E-state index >= 15 is 0 Å². The quantitative estimate of drug-likeness (QED) is 0.0318. The molecule has 15 heterocycles. The topological polar surface area (TPSA) is 491 Å². The van der Waals surface area contributed by atoms with E-state index in [2.05, 4.69) is 170 Å². The summed E-state index contributed by atoms with van der Waals surface area (Å²) in [5.41, 5.74) is 17.1. The molecule has 0 spiro atoms. The highest BCUT2D eigenvalue weighted by Crippen LogP contribution is 2.35. The first-order chi connectivity index (χ1) is 64.9. The van der Waals surface area contributed by atoms with Crippen molar-refractivity contribution in [2.24, 2.45) is 5.92 Å². The maximum atomic E-state index is 13.2. The third-order valence-corrected chi connectivity index (χ3v) is 24.0. The van der Waals surface area contributed by atoms with E-state index < -0.39 is 22.9 Å². The summed E-state index contributed by atoms with van der Waals surface area (Å²) in [7, 11) is 1.56. The average molecular weight is 1800 g/mol. The zero-order valence-electron chi connectivity index (χ0n) is 73.8. The molecule has 10 aromatic heterocycles. The van der Waals surface area contributed by atoms with Crippen LogP contribution in [-0.4, -0.2) is 270 Å². The Bertz CT molecular complexity index is 7000. The van der Waals surface area contributed by atoms with E-state index in [1.165, 1.54) is 46.9 Å². The monoisotopic (exact) mass is 1800 g/mol. The van der Waals surface area contributed by atoms with Crippen molar-refractivity contribution in [3.63, 3.8) is 0 Å². The molecule has 39 heteroatoms. The van der Waals surface area contributed by atoms with Gasteiger partial charge in [0.1, 0.15) is 39.7 Å². The number of nitrogens with zero attached hydrogens (tertiary/aromatic N) is 13. The lowest BCUT2D eigenvalue weighted by Gasteiger charge is -2.30. The molecule has 39 nitrogen and oxygen atoms in total. The molecule has 5 aliphatic rings. The fraction of sp³-hybridized carbons (Fsp3) is 0.309. The van der Waals surface area contributed by atoms with E-state index in [9.17, 15) is 33.6 Å². The minimum absolute atomic E-state index is 0.0204. The van der Waals surface area contributed by atoms with Gasteiger partial charge in [0.05, 0.1) is 157 Å². The molecule has 6 aromatic carbocycles. The van der Waals surface area contributed by atoms with E-state index in [1.54, 1.807) is 57.3 Å². The van der Waals surface area contributed by atoms with Crippen molar-refractivity contribution >= 4 is 107 Å². The largest absolute Gasteiger partial charge is 0.496 e. The van der Waals surface area contributed by atoms with Crippen LogP contribution < -0.4 is 37.1 Å². The van der Waals surface area contributed by atoms with Crippen LogP contribution in [0.15, 0.2) is 168 Å². The van der Waals surface area contributed by atoms with Gasteiger partial charge in [-0.3, -0.25) is 73.6 Å². The second-order valence-corrected chi connectivity index (χ2v) is 33.2. The molecule has 0 bridgehead atoms. The summed E-state index contributed by atoms with van der Waals surface area (Å²) in [5.74, 6) is 1.42. The standard InChI is InChI=1S/C27H26N6O3.C23H25N7O3.C23H29N7O3.C21H21N7O3/c1-35-24-14-19-5-3-2-4-18(19)13-20(24)27(34)31-23-15-28-32-25(23)26-29-21-7-6-17(12-22(21)30-26)16-33-8-10-36-11-9-33;1-13-9-14(2)25-22(31)19(13)23(32)28-18-11-24-29-20(18)21-26-16-4-3-15(10-17(16)27-21)12-30-5-7-33-8-6-30;1-15(31)30-6-4-17(5-7-30)23(32)27-20-13-24-28-21(20)22-25-18-3-2-16(12-19(18)26-22)14-29-8-10-33-11-9-29;29-20-14(2-1-5-22-20)21(30)26-17-11-23-27-18(17)19-24-15-4-3-13(10-16(15)25-19)12-28-6-8-31-9-7-28/h2-7,12-15H,8-11,16H2,1H3,(H,28,32)(H,29,30)(H,31,34);3-4,9-11H,5-8,12H2,1-2H3,(H,24,29)(H,25,31)(H,26,27)(H,28,32);2-3,12-13,17H,4-11,14H2,1H3,(H,24,28)(H,25,26)(H,27,32);1-5,10-11H,6-9,12H2,(H,22,29)(H,23,27)(H,24,25)(H,26,30). The summed E-state index contributed by atoms with van der Waals surface area (Å²) in [4.78, 5) is 136. The number of aromatic amines is 10. The second kappa shape index (κ2) is 40.6. The smallest absolute Gasteiger partial charge is 0.261 e. The number of imidazole rings is 4. The summed E-state index contributed by atoms with van der Waals surface area (Å²) < 4.78 is 27.2. The highest BCUT2D eigenvalue weighted by atomic mass is 16.5. The number of ether oxygens (including phenoxy) is 5. The van der Waals surface area contributed by atoms with Gasteiger partial charge in [0.15, 0.2) is 23.3 Å². The molecule has 5 amide bonds. The SMILES string of the molecule is CC(=O)N1CCC(C(=O)Nc2cn[nH]c2-c2nc3ccc(CN4CCOCC4)cc3[nH]2)CC1.COc1cc2ccccc2cc1C(=O)Nc1cn[nH]c1-c1nc2ccc(CN3CCOCC3)cc2[nH]1.Cc1cc(C)c(C(=O)Nc2cn[nH]c2-c2nc3ccc(CN4CCOCC4)cc3[nH]2)c(=O)[nH]1.O=C(Nc1cn[nH]c1-c1nc2ccc(CN3CCOCC3)cc2[nH]1)c1ccc[nH]c1=O. The predicted octanol–water partition coefficient (Wildman–Crippen LogP) is 10.2. The summed E-state index contributed by atoms with van der Waals surface area (Å²) in [6, 6.07) is 41.1. The Kier molecular flexibility index (Phi) is 27.1. The van der Waals surface area contributed by atoms with Crippen LogP contribution in [0.5, 0.6) is 5.75 Å².